The summed E-state index contributed by atoms with van der Waals surface area (Å²) in [4.78, 5) is 15.2. The molecule has 0 atom stereocenters. The van der Waals surface area contributed by atoms with E-state index in [1.807, 2.05) is 0 Å². The second-order valence-corrected chi connectivity index (χ2v) is 5.03. The molecule has 1 N–H and O–H groups in total. The standard InChI is InChI=1S/C17H14FN3O4/c1-24-14-9-13(18)3-2-12(14)10-25-16-5-7-20-21(16)15-8-11(17(22)23)4-6-19-15/h2-9H,10H2,1H3,(H,22,23). The van der Waals surface area contributed by atoms with Gasteiger partial charge < -0.3 is 14.6 Å². The molecule has 128 valence electrons. The summed E-state index contributed by atoms with van der Waals surface area (Å²) in [6, 6.07) is 8.55. The van der Waals surface area contributed by atoms with Gasteiger partial charge in [-0.25, -0.2) is 14.2 Å². The Morgan fingerprint density at radius 1 is 1.24 bits per heavy atom. The number of nitrogens with zero attached hydrogens (tertiary/aromatic N) is 3. The molecule has 2 aromatic heterocycles. The third-order valence-electron chi connectivity index (χ3n) is 3.44. The molecule has 3 rings (SSSR count). The zero-order chi connectivity index (χ0) is 17.8. The Kier molecular flexibility index (Phi) is 4.60. The maximum Gasteiger partial charge on any atom is 0.335 e. The lowest BCUT2D eigenvalue weighted by atomic mass is 10.2. The van der Waals surface area contributed by atoms with Crippen molar-refractivity contribution in [2.75, 3.05) is 7.11 Å². The lowest BCUT2D eigenvalue weighted by Crippen LogP contribution is -2.07. The number of aromatic carboxylic acids is 1. The van der Waals surface area contributed by atoms with Gasteiger partial charge in [-0.3, -0.25) is 0 Å². The van der Waals surface area contributed by atoms with Crippen LogP contribution in [0.3, 0.4) is 0 Å². The van der Waals surface area contributed by atoms with Gasteiger partial charge in [0.05, 0.1) is 18.9 Å². The maximum absolute atomic E-state index is 13.2. The van der Waals surface area contributed by atoms with Gasteiger partial charge in [-0.15, -0.1) is 0 Å². The fourth-order valence-electron chi connectivity index (χ4n) is 2.23. The number of aromatic nitrogens is 3. The van der Waals surface area contributed by atoms with Gasteiger partial charge in [-0.05, 0) is 24.3 Å². The van der Waals surface area contributed by atoms with Gasteiger partial charge >= 0.3 is 5.97 Å². The first-order chi connectivity index (χ1) is 12.1. The molecule has 0 aliphatic rings. The van der Waals surface area contributed by atoms with Gasteiger partial charge in [0.25, 0.3) is 0 Å². The topological polar surface area (TPSA) is 86.5 Å². The summed E-state index contributed by atoms with van der Waals surface area (Å²) in [6.45, 7) is 0.119. The van der Waals surface area contributed by atoms with E-state index < -0.39 is 11.8 Å². The van der Waals surface area contributed by atoms with E-state index in [0.29, 0.717) is 23.0 Å². The molecular weight excluding hydrogens is 329 g/mol. The van der Waals surface area contributed by atoms with Crippen molar-refractivity contribution < 1.29 is 23.8 Å². The van der Waals surface area contributed by atoms with Gasteiger partial charge in [-0.2, -0.15) is 9.78 Å². The third kappa shape index (κ3) is 3.57. The summed E-state index contributed by atoms with van der Waals surface area (Å²) in [6.07, 6.45) is 2.89. The second kappa shape index (κ2) is 7.00. The monoisotopic (exact) mass is 343 g/mol. The molecule has 0 spiro atoms. The van der Waals surface area contributed by atoms with E-state index in [4.69, 9.17) is 14.6 Å². The highest BCUT2D eigenvalue weighted by Gasteiger charge is 2.12. The van der Waals surface area contributed by atoms with Crippen LogP contribution in [-0.4, -0.2) is 33.0 Å². The lowest BCUT2D eigenvalue weighted by Gasteiger charge is -2.11. The van der Waals surface area contributed by atoms with Gasteiger partial charge in [0.2, 0.25) is 5.88 Å². The molecule has 0 radical (unpaired) electrons. The Balaban J connectivity index is 1.83. The predicted molar refractivity (Wildman–Crippen MR) is 85.6 cm³/mol. The number of halogens is 1. The number of benzene rings is 1. The summed E-state index contributed by atoms with van der Waals surface area (Å²) in [7, 11) is 1.45. The van der Waals surface area contributed by atoms with Crippen LogP contribution >= 0.6 is 0 Å². The molecule has 1 aromatic carbocycles. The molecule has 7 nitrogen and oxygen atoms in total. The van der Waals surface area contributed by atoms with E-state index in [0.717, 1.165) is 0 Å². The van der Waals surface area contributed by atoms with Crippen LogP contribution in [0.4, 0.5) is 4.39 Å². The molecule has 25 heavy (non-hydrogen) atoms. The zero-order valence-corrected chi connectivity index (χ0v) is 13.2. The SMILES string of the molecule is COc1cc(F)ccc1COc1ccnn1-c1cc(C(=O)O)ccn1. The van der Waals surface area contributed by atoms with Crippen LogP contribution in [0.5, 0.6) is 11.6 Å². The molecule has 2 heterocycles. The minimum absolute atomic E-state index is 0.0895. The summed E-state index contributed by atoms with van der Waals surface area (Å²) in [5, 5.41) is 13.2. The molecule has 0 aliphatic heterocycles. The lowest BCUT2D eigenvalue weighted by molar-refractivity contribution is 0.0696. The maximum atomic E-state index is 13.2. The Bertz CT molecular complexity index is 910. The largest absolute Gasteiger partial charge is 0.496 e. The van der Waals surface area contributed by atoms with Crippen LogP contribution in [-0.2, 0) is 6.61 Å². The van der Waals surface area contributed by atoms with E-state index >= 15 is 0 Å². The number of hydrogen-bond acceptors (Lipinski definition) is 5. The van der Waals surface area contributed by atoms with E-state index in [9.17, 15) is 9.18 Å². The molecule has 0 bridgehead atoms. The highest BCUT2D eigenvalue weighted by atomic mass is 19.1. The van der Waals surface area contributed by atoms with E-state index in [-0.39, 0.29) is 12.2 Å². The van der Waals surface area contributed by atoms with Crippen molar-refractivity contribution in [3.63, 3.8) is 0 Å². The van der Waals surface area contributed by atoms with Gasteiger partial charge in [0, 0.05) is 23.9 Å². The fourth-order valence-corrected chi connectivity index (χ4v) is 2.23. The van der Waals surface area contributed by atoms with Crippen LogP contribution < -0.4 is 9.47 Å². The number of carboxylic acid groups (broad SMARTS) is 1. The molecule has 0 saturated heterocycles. The van der Waals surface area contributed by atoms with Crippen LogP contribution in [0.25, 0.3) is 5.82 Å². The van der Waals surface area contributed by atoms with Gasteiger partial charge in [-0.1, -0.05) is 0 Å². The number of methoxy groups -OCH3 is 1. The molecular formula is C17H14FN3O4. The first kappa shape index (κ1) is 16.4. The number of hydrogen-bond donors (Lipinski definition) is 1. The molecule has 0 unspecified atom stereocenters. The molecule has 3 aromatic rings. The number of carbonyl (C=O) groups is 1. The van der Waals surface area contributed by atoms with Crippen LogP contribution in [0.1, 0.15) is 15.9 Å². The van der Waals surface area contributed by atoms with Crippen molar-refractivity contribution in [3.8, 4) is 17.4 Å². The van der Waals surface area contributed by atoms with E-state index in [1.165, 1.54) is 48.5 Å². The average molecular weight is 343 g/mol. The van der Waals surface area contributed by atoms with E-state index in [2.05, 4.69) is 10.1 Å². The summed E-state index contributed by atoms with van der Waals surface area (Å²) < 4.78 is 25.5. The highest BCUT2D eigenvalue weighted by molar-refractivity contribution is 5.87. The highest BCUT2D eigenvalue weighted by Crippen LogP contribution is 2.23. The molecule has 0 amide bonds. The van der Waals surface area contributed by atoms with Crippen molar-refractivity contribution in [2.24, 2.45) is 0 Å². The zero-order valence-electron chi connectivity index (χ0n) is 13.2. The minimum Gasteiger partial charge on any atom is -0.496 e. The normalized spacial score (nSPS) is 10.5. The Morgan fingerprint density at radius 2 is 2.08 bits per heavy atom. The van der Waals surface area contributed by atoms with Crippen molar-refractivity contribution >= 4 is 5.97 Å². The third-order valence-corrected chi connectivity index (χ3v) is 3.44. The van der Waals surface area contributed by atoms with Crippen LogP contribution in [0, 0.1) is 5.82 Å². The van der Waals surface area contributed by atoms with Gasteiger partial charge in [0.1, 0.15) is 18.2 Å². The van der Waals surface area contributed by atoms with Crippen molar-refractivity contribution in [1.29, 1.82) is 0 Å². The fraction of sp³-hybridized carbons (Fsp3) is 0.118. The number of ether oxygens (including phenoxy) is 2. The summed E-state index contributed by atoms with van der Waals surface area (Å²) in [5.41, 5.74) is 0.746. The second-order valence-electron chi connectivity index (χ2n) is 5.03. The van der Waals surface area contributed by atoms with Crippen LogP contribution in [0.15, 0.2) is 48.8 Å². The first-order valence-electron chi connectivity index (χ1n) is 7.27. The van der Waals surface area contributed by atoms with Crippen LogP contribution in [0.2, 0.25) is 0 Å². The van der Waals surface area contributed by atoms with Crippen molar-refractivity contribution in [3.05, 3.63) is 65.7 Å². The average Bonchev–Trinajstić information content (AvgIpc) is 3.09. The van der Waals surface area contributed by atoms with Crippen molar-refractivity contribution in [1.82, 2.24) is 14.8 Å². The number of rotatable bonds is 6. The summed E-state index contributed by atoms with van der Waals surface area (Å²) >= 11 is 0. The molecule has 0 aliphatic carbocycles. The molecule has 0 saturated carbocycles. The molecule has 0 fully saturated rings. The number of pyridine rings is 1. The Labute approximate surface area is 142 Å². The number of carboxylic acids is 1. The Hall–Kier alpha value is -3.42. The quantitative estimate of drug-likeness (QED) is 0.740. The first-order valence-corrected chi connectivity index (χ1v) is 7.27. The minimum atomic E-state index is -1.06. The Morgan fingerprint density at radius 3 is 2.84 bits per heavy atom. The molecule has 8 heteroatoms. The summed E-state index contributed by atoms with van der Waals surface area (Å²) in [5.74, 6) is -0.417. The van der Waals surface area contributed by atoms with Gasteiger partial charge in [0.15, 0.2) is 5.82 Å². The predicted octanol–water partition coefficient (Wildman–Crippen LogP) is 2.69. The van der Waals surface area contributed by atoms with Crippen molar-refractivity contribution in [2.45, 2.75) is 6.61 Å². The van der Waals surface area contributed by atoms with E-state index in [1.54, 1.807) is 12.1 Å². The smallest absolute Gasteiger partial charge is 0.335 e.